The zero-order chi connectivity index (χ0) is 15.8. The van der Waals surface area contributed by atoms with Gasteiger partial charge in [0.05, 0.1) is 23.9 Å². The lowest BCUT2D eigenvalue weighted by Crippen LogP contribution is -2.65. The summed E-state index contributed by atoms with van der Waals surface area (Å²) < 4.78 is 28.7. The van der Waals surface area contributed by atoms with Crippen LogP contribution in [0.3, 0.4) is 0 Å². The van der Waals surface area contributed by atoms with Crippen LogP contribution in [0.5, 0.6) is 0 Å². The molecule has 7 heteroatoms. The summed E-state index contributed by atoms with van der Waals surface area (Å²) in [6.45, 7) is 2.67. The van der Waals surface area contributed by atoms with Crippen LogP contribution in [-0.4, -0.2) is 40.8 Å². The van der Waals surface area contributed by atoms with Crippen molar-refractivity contribution in [3.63, 3.8) is 0 Å². The van der Waals surface area contributed by atoms with E-state index in [1.165, 1.54) is 0 Å². The molecule has 1 aromatic heterocycles. The number of nitriles is 1. The molecule has 22 heavy (non-hydrogen) atoms. The van der Waals surface area contributed by atoms with E-state index in [-0.39, 0.29) is 11.7 Å². The first-order chi connectivity index (χ1) is 10.5. The highest BCUT2D eigenvalue weighted by molar-refractivity contribution is 7.89. The van der Waals surface area contributed by atoms with E-state index in [0.29, 0.717) is 13.1 Å². The molecular weight excluding hydrogens is 300 g/mol. The van der Waals surface area contributed by atoms with Crippen LogP contribution in [0.1, 0.15) is 44.1 Å². The van der Waals surface area contributed by atoms with E-state index in [1.54, 1.807) is 15.2 Å². The average molecular weight is 322 g/mol. The Labute approximate surface area is 131 Å². The summed E-state index contributed by atoms with van der Waals surface area (Å²) in [5.41, 5.74) is 0.524. The van der Waals surface area contributed by atoms with Crippen LogP contribution >= 0.6 is 0 Å². The maximum Gasteiger partial charge on any atom is 0.217 e. The third kappa shape index (κ3) is 2.55. The summed E-state index contributed by atoms with van der Waals surface area (Å²) in [7, 11) is -3.23. The summed E-state index contributed by atoms with van der Waals surface area (Å²) in [5, 5.41) is 13.2. The van der Waals surface area contributed by atoms with Crippen molar-refractivity contribution < 1.29 is 8.42 Å². The molecule has 0 bridgehead atoms. The zero-order valence-corrected chi connectivity index (χ0v) is 13.7. The third-order valence-electron chi connectivity index (χ3n) is 4.88. The summed E-state index contributed by atoms with van der Waals surface area (Å²) >= 11 is 0. The molecule has 0 aromatic carbocycles. The van der Waals surface area contributed by atoms with E-state index in [9.17, 15) is 8.42 Å². The molecule has 6 nitrogen and oxygen atoms in total. The Bertz CT molecular complexity index is 677. The Hall–Kier alpha value is -1.39. The zero-order valence-electron chi connectivity index (χ0n) is 12.9. The minimum atomic E-state index is -3.23. The Morgan fingerprint density at radius 1 is 1.36 bits per heavy atom. The van der Waals surface area contributed by atoms with Gasteiger partial charge in [-0.25, -0.2) is 8.42 Å². The van der Waals surface area contributed by atoms with Gasteiger partial charge in [0.2, 0.25) is 10.0 Å². The van der Waals surface area contributed by atoms with Crippen molar-refractivity contribution in [2.24, 2.45) is 0 Å². The van der Waals surface area contributed by atoms with E-state index in [1.807, 2.05) is 13.1 Å². The number of hydrogen-bond donors (Lipinski definition) is 0. The molecule has 2 fully saturated rings. The van der Waals surface area contributed by atoms with Gasteiger partial charge in [0, 0.05) is 19.3 Å². The van der Waals surface area contributed by atoms with Gasteiger partial charge in [0.1, 0.15) is 5.54 Å². The molecule has 1 aromatic rings. The second-order valence-electron chi connectivity index (χ2n) is 6.59. The highest BCUT2D eigenvalue weighted by Gasteiger charge is 2.51. The lowest BCUT2D eigenvalue weighted by molar-refractivity contribution is 0.0702. The molecule has 1 saturated heterocycles. The van der Waals surface area contributed by atoms with E-state index >= 15 is 0 Å². The molecule has 0 amide bonds. The summed E-state index contributed by atoms with van der Waals surface area (Å²) in [4.78, 5) is 0. The number of aromatic nitrogens is 2. The van der Waals surface area contributed by atoms with Crippen molar-refractivity contribution in [2.45, 2.75) is 56.2 Å². The second kappa shape index (κ2) is 5.67. The number of hydrogen-bond acceptors (Lipinski definition) is 4. The van der Waals surface area contributed by atoms with Gasteiger partial charge in [0.25, 0.3) is 0 Å². The van der Waals surface area contributed by atoms with Crippen molar-refractivity contribution in [1.29, 1.82) is 5.26 Å². The Kier molecular flexibility index (Phi) is 4.00. The lowest BCUT2D eigenvalue weighted by atomic mass is 9.89. The van der Waals surface area contributed by atoms with E-state index in [2.05, 4.69) is 11.2 Å². The maximum atomic E-state index is 12.7. The second-order valence-corrected chi connectivity index (χ2v) is 8.81. The Morgan fingerprint density at radius 2 is 2.05 bits per heavy atom. The Morgan fingerprint density at radius 3 is 2.59 bits per heavy atom. The molecule has 3 rings (SSSR count). The van der Waals surface area contributed by atoms with Gasteiger partial charge >= 0.3 is 0 Å². The first-order valence-electron chi connectivity index (χ1n) is 7.86. The number of rotatable bonds is 4. The average Bonchev–Trinajstić information content (AvgIpc) is 2.90. The van der Waals surface area contributed by atoms with Crippen LogP contribution in [0.15, 0.2) is 12.4 Å². The maximum absolute atomic E-state index is 12.7. The van der Waals surface area contributed by atoms with E-state index in [0.717, 1.165) is 37.7 Å². The van der Waals surface area contributed by atoms with Gasteiger partial charge < -0.3 is 0 Å². The fourth-order valence-corrected chi connectivity index (χ4v) is 5.71. The monoisotopic (exact) mass is 322 g/mol. The van der Waals surface area contributed by atoms with Crippen LogP contribution in [0.2, 0.25) is 0 Å². The van der Waals surface area contributed by atoms with Crippen LogP contribution in [0.4, 0.5) is 0 Å². The van der Waals surface area contributed by atoms with Gasteiger partial charge in [-0.15, -0.1) is 0 Å². The fraction of sp³-hybridized carbons (Fsp3) is 0.733. The number of sulfonamides is 1. The summed E-state index contributed by atoms with van der Waals surface area (Å²) in [5.74, 6) is 0. The number of aryl methyl sites for hydroxylation is 1. The largest absolute Gasteiger partial charge is 0.263 e. The van der Waals surface area contributed by atoms with Crippen molar-refractivity contribution in [2.75, 3.05) is 13.1 Å². The van der Waals surface area contributed by atoms with Crippen molar-refractivity contribution in [3.8, 4) is 6.07 Å². The molecule has 1 aliphatic carbocycles. The molecule has 1 saturated carbocycles. The molecule has 2 aliphatic rings. The van der Waals surface area contributed by atoms with Gasteiger partial charge in [-0.1, -0.05) is 19.3 Å². The molecule has 0 N–H and O–H groups in total. The fourth-order valence-electron chi connectivity index (χ4n) is 3.52. The Balaban J connectivity index is 1.76. The first kappa shape index (κ1) is 15.5. The van der Waals surface area contributed by atoms with Crippen LogP contribution in [-0.2, 0) is 15.6 Å². The predicted octanol–water partition coefficient (Wildman–Crippen LogP) is 1.78. The van der Waals surface area contributed by atoms with Gasteiger partial charge in [-0.3, -0.25) is 4.68 Å². The third-order valence-corrected chi connectivity index (χ3v) is 7.17. The van der Waals surface area contributed by atoms with Gasteiger partial charge in [0.15, 0.2) is 0 Å². The van der Waals surface area contributed by atoms with E-state index in [4.69, 9.17) is 5.26 Å². The van der Waals surface area contributed by atoms with Crippen LogP contribution < -0.4 is 0 Å². The molecule has 0 atom stereocenters. The highest BCUT2D eigenvalue weighted by atomic mass is 32.2. The normalized spacial score (nSPS) is 22.9. The molecule has 1 aliphatic heterocycles. The van der Waals surface area contributed by atoms with Gasteiger partial charge in [-0.2, -0.15) is 14.7 Å². The van der Waals surface area contributed by atoms with Crippen LogP contribution in [0.25, 0.3) is 0 Å². The molecule has 0 spiro atoms. The molecule has 120 valence electrons. The lowest BCUT2D eigenvalue weighted by Gasteiger charge is -2.49. The molecule has 2 heterocycles. The first-order valence-corrected chi connectivity index (χ1v) is 9.36. The topological polar surface area (TPSA) is 79.0 Å². The quantitative estimate of drug-likeness (QED) is 0.846. The minimum Gasteiger partial charge on any atom is -0.263 e. The van der Waals surface area contributed by atoms with Crippen LogP contribution in [0, 0.1) is 18.3 Å². The smallest absolute Gasteiger partial charge is 0.217 e. The van der Waals surface area contributed by atoms with E-state index < -0.39 is 15.6 Å². The summed E-state index contributed by atoms with van der Waals surface area (Å²) in [6.07, 6.45) is 8.59. The predicted molar refractivity (Wildman–Crippen MR) is 82.5 cm³/mol. The molecule has 0 unspecified atom stereocenters. The van der Waals surface area contributed by atoms with Crippen molar-refractivity contribution in [3.05, 3.63) is 18.0 Å². The molecule has 0 radical (unpaired) electrons. The SMILES string of the molecule is Cc1cnn(C2(CC#N)CN(S(=O)(=O)C3CCCCC3)C2)c1. The van der Waals surface area contributed by atoms with Gasteiger partial charge in [-0.05, 0) is 25.3 Å². The van der Waals surface area contributed by atoms with Crippen molar-refractivity contribution >= 4 is 10.0 Å². The number of nitrogens with zero attached hydrogens (tertiary/aromatic N) is 4. The van der Waals surface area contributed by atoms with Crippen molar-refractivity contribution in [1.82, 2.24) is 14.1 Å². The molecular formula is C15H22N4O2S. The summed E-state index contributed by atoms with van der Waals surface area (Å²) in [6, 6.07) is 2.19. The minimum absolute atomic E-state index is 0.235. The highest BCUT2D eigenvalue weighted by Crippen LogP contribution is 2.37. The standard InChI is InChI=1S/C15H22N4O2S/c1-13-9-17-19(10-13)15(7-8-16)11-18(12-15)22(20,21)14-5-3-2-4-6-14/h9-10,14H,2-7,11-12H2,1H3.